The molecule has 0 aromatic carbocycles. The van der Waals surface area contributed by atoms with Crippen LogP contribution in [0.1, 0.15) is 19.8 Å². The summed E-state index contributed by atoms with van der Waals surface area (Å²) in [6, 6.07) is 2.91. The molecule has 18 heavy (non-hydrogen) atoms. The maximum Gasteiger partial charge on any atom is 0.243 e. The molecule has 100 valence electrons. The normalized spacial score (nSPS) is 23.7. The summed E-state index contributed by atoms with van der Waals surface area (Å²) >= 11 is 5.78. The highest BCUT2D eigenvalue weighted by molar-refractivity contribution is 7.89. The minimum Gasteiger partial charge on any atom is -0.378 e. The standard InChI is InChI=1S/C11H15ClN2O3S/c1-2-17-9-6-8(7-9)14-18(15,16)10-4-3-5-13-11(10)12/h3-5,8-9,14H,2,6-7H2,1H3. The van der Waals surface area contributed by atoms with Crippen LogP contribution in [0.4, 0.5) is 0 Å². The Bertz CT molecular complexity index is 515. The summed E-state index contributed by atoms with van der Waals surface area (Å²) in [5.74, 6) is 0. The summed E-state index contributed by atoms with van der Waals surface area (Å²) in [6.45, 7) is 2.57. The summed E-state index contributed by atoms with van der Waals surface area (Å²) in [5.41, 5.74) is 0. The number of aromatic nitrogens is 1. The molecule has 2 rings (SSSR count). The molecule has 1 aliphatic carbocycles. The average Bonchev–Trinajstić information content (AvgIpc) is 2.26. The molecule has 0 atom stereocenters. The van der Waals surface area contributed by atoms with Crippen molar-refractivity contribution in [1.29, 1.82) is 0 Å². The Morgan fingerprint density at radius 2 is 2.28 bits per heavy atom. The predicted molar refractivity (Wildman–Crippen MR) is 68.0 cm³/mol. The van der Waals surface area contributed by atoms with Crippen molar-refractivity contribution >= 4 is 21.6 Å². The summed E-state index contributed by atoms with van der Waals surface area (Å²) in [5, 5.41) is -0.00863. The second-order valence-electron chi connectivity index (χ2n) is 4.16. The van der Waals surface area contributed by atoms with E-state index in [4.69, 9.17) is 16.3 Å². The van der Waals surface area contributed by atoms with E-state index in [2.05, 4.69) is 9.71 Å². The van der Waals surface area contributed by atoms with Gasteiger partial charge in [-0.25, -0.2) is 18.1 Å². The van der Waals surface area contributed by atoms with E-state index in [0.29, 0.717) is 19.4 Å². The molecule has 0 saturated heterocycles. The van der Waals surface area contributed by atoms with Gasteiger partial charge in [-0.2, -0.15) is 0 Å². The molecule has 5 nitrogen and oxygen atoms in total. The summed E-state index contributed by atoms with van der Waals surface area (Å²) in [6.07, 6.45) is 3.01. The van der Waals surface area contributed by atoms with Crippen LogP contribution in [0.2, 0.25) is 5.15 Å². The molecule has 0 aliphatic heterocycles. The van der Waals surface area contributed by atoms with Gasteiger partial charge < -0.3 is 4.74 Å². The number of ether oxygens (including phenoxy) is 1. The van der Waals surface area contributed by atoms with Crippen molar-refractivity contribution in [3.05, 3.63) is 23.5 Å². The molecule has 1 aromatic rings. The van der Waals surface area contributed by atoms with Gasteiger partial charge in [0.25, 0.3) is 0 Å². The molecule has 0 unspecified atom stereocenters. The number of hydrogen-bond acceptors (Lipinski definition) is 4. The zero-order valence-electron chi connectivity index (χ0n) is 9.97. The first-order chi connectivity index (χ1) is 8.53. The molecular formula is C11H15ClN2O3S. The van der Waals surface area contributed by atoms with Crippen molar-refractivity contribution in [2.24, 2.45) is 0 Å². The van der Waals surface area contributed by atoms with E-state index in [1.807, 2.05) is 6.92 Å². The lowest BCUT2D eigenvalue weighted by atomic mass is 9.90. The zero-order valence-corrected chi connectivity index (χ0v) is 11.5. The molecule has 1 fully saturated rings. The van der Waals surface area contributed by atoms with Crippen LogP contribution >= 0.6 is 11.6 Å². The van der Waals surface area contributed by atoms with Crippen LogP contribution in [0.3, 0.4) is 0 Å². The zero-order chi connectivity index (χ0) is 13.2. The molecule has 0 spiro atoms. The first-order valence-corrected chi connectivity index (χ1v) is 7.63. The lowest BCUT2D eigenvalue weighted by Crippen LogP contribution is -2.47. The van der Waals surface area contributed by atoms with E-state index >= 15 is 0 Å². The molecule has 1 aliphatic rings. The van der Waals surface area contributed by atoms with E-state index in [9.17, 15) is 8.42 Å². The average molecular weight is 291 g/mol. The Balaban J connectivity index is 2.00. The molecular weight excluding hydrogens is 276 g/mol. The van der Waals surface area contributed by atoms with Gasteiger partial charge in [0, 0.05) is 18.8 Å². The largest absolute Gasteiger partial charge is 0.378 e. The van der Waals surface area contributed by atoms with Crippen LogP contribution in [-0.4, -0.2) is 32.2 Å². The molecule has 0 amide bonds. The molecule has 0 radical (unpaired) electrons. The van der Waals surface area contributed by atoms with E-state index in [1.165, 1.54) is 12.3 Å². The minimum atomic E-state index is -3.59. The van der Waals surface area contributed by atoms with Crippen molar-refractivity contribution in [3.63, 3.8) is 0 Å². The SMILES string of the molecule is CCOC1CC(NS(=O)(=O)c2cccnc2Cl)C1. The first-order valence-electron chi connectivity index (χ1n) is 5.77. The first kappa shape index (κ1) is 13.7. The van der Waals surface area contributed by atoms with Gasteiger partial charge in [0.1, 0.15) is 10.0 Å². The third-order valence-electron chi connectivity index (χ3n) is 2.83. The van der Waals surface area contributed by atoms with Crippen LogP contribution in [0.15, 0.2) is 23.2 Å². The van der Waals surface area contributed by atoms with Crippen molar-refractivity contribution in [1.82, 2.24) is 9.71 Å². The monoisotopic (exact) mass is 290 g/mol. The number of nitrogens with one attached hydrogen (secondary N) is 1. The van der Waals surface area contributed by atoms with Crippen LogP contribution in [0, 0.1) is 0 Å². The van der Waals surface area contributed by atoms with E-state index in [0.717, 1.165) is 0 Å². The third-order valence-corrected chi connectivity index (χ3v) is 4.80. The molecule has 7 heteroatoms. The van der Waals surface area contributed by atoms with Gasteiger partial charge in [-0.05, 0) is 31.9 Å². The highest BCUT2D eigenvalue weighted by Crippen LogP contribution is 2.26. The maximum absolute atomic E-state index is 12.0. The summed E-state index contributed by atoms with van der Waals surface area (Å²) in [7, 11) is -3.59. The van der Waals surface area contributed by atoms with Crippen LogP contribution in [0.25, 0.3) is 0 Å². The fourth-order valence-corrected chi connectivity index (χ4v) is 3.60. The van der Waals surface area contributed by atoms with Crippen LogP contribution in [0.5, 0.6) is 0 Å². The van der Waals surface area contributed by atoms with Gasteiger partial charge in [0.05, 0.1) is 6.10 Å². The van der Waals surface area contributed by atoms with Crippen molar-refractivity contribution < 1.29 is 13.2 Å². The third kappa shape index (κ3) is 3.00. The number of hydrogen-bond donors (Lipinski definition) is 1. The maximum atomic E-state index is 12.0. The van der Waals surface area contributed by atoms with Gasteiger partial charge in [0.2, 0.25) is 10.0 Å². The Morgan fingerprint density at radius 3 is 2.89 bits per heavy atom. The molecule has 1 aromatic heterocycles. The highest BCUT2D eigenvalue weighted by atomic mass is 35.5. The van der Waals surface area contributed by atoms with Crippen molar-refractivity contribution in [2.75, 3.05) is 6.61 Å². The Kier molecular flexibility index (Phi) is 4.21. The fraction of sp³-hybridized carbons (Fsp3) is 0.545. The fourth-order valence-electron chi connectivity index (χ4n) is 1.89. The number of pyridine rings is 1. The Hall–Kier alpha value is -0.690. The topological polar surface area (TPSA) is 68.3 Å². The molecule has 1 N–H and O–H groups in total. The van der Waals surface area contributed by atoms with Gasteiger partial charge in [-0.1, -0.05) is 11.6 Å². The number of halogens is 1. The Labute approximate surface area is 112 Å². The number of sulfonamides is 1. The van der Waals surface area contributed by atoms with Gasteiger partial charge in [0.15, 0.2) is 0 Å². The van der Waals surface area contributed by atoms with E-state index < -0.39 is 10.0 Å². The number of rotatable bonds is 5. The molecule has 1 saturated carbocycles. The lowest BCUT2D eigenvalue weighted by molar-refractivity contribution is -0.00475. The second-order valence-corrected chi connectivity index (χ2v) is 6.20. The van der Waals surface area contributed by atoms with Crippen LogP contribution < -0.4 is 4.72 Å². The van der Waals surface area contributed by atoms with Crippen LogP contribution in [-0.2, 0) is 14.8 Å². The van der Waals surface area contributed by atoms with Gasteiger partial charge >= 0.3 is 0 Å². The quantitative estimate of drug-likeness (QED) is 0.836. The predicted octanol–water partition coefficient (Wildman–Crippen LogP) is 1.58. The van der Waals surface area contributed by atoms with Crippen molar-refractivity contribution in [3.8, 4) is 0 Å². The molecule has 0 bridgehead atoms. The summed E-state index contributed by atoms with van der Waals surface area (Å²) in [4.78, 5) is 3.78. The highest BCUT2D eigenvalue weighted by Gasteiger charge is 2.33. The van der Waals surface area contributed by atoms with Crippen molar-refractivity contribution in [2.45, 2.75) is 36.8 Å². The van der Waals surface area contributed by atoms with Gasteiger partial charge in [-0.3, -0.25) is 0 Å². The minimum absolute atomic E-state index is 0.00863. The lowest BCUT2D eigenvalue weighted by Gasteiger charge is -2.35. The second kappa shape index (κ2) is 5.52. The van der Waals surface area contributed by atoms with Gasteiger partial charge in [-0.15, -0.1) is 0 Å². The summed E-state index contributed by atoms with van der Waals surface area (Å²) < 4.78 is 32.1. The Morgan fingerprint density at radius 1 is 1.56 bits per heavy atom. The van der Waals surface area contributed by atoms with E-state index in [1.54, 1.807) is 6.07 Å². The smallest absolute Gasteiger partial charge is 0.243 e. The molecule has 1 heterocycles. The van der Waals surface area contributed by atoms with E-state index in [-0.39, 0.29) is 22.2 Å². The number of nitrogens with zero attached hydrogens (tertiary/aromatic N) is 1.